The Bertz CT molecular complexity index is 313. The van der Waals surface area contributed by atoms with Gasteiger partial charge in [-0.1, -0.05) is 0 Å². The minimum absolute atomic E-state index is 0.00763. The molecular formula is C13H23N3O2. The lowest BCUT2D eigenvalue weighted by Crippen LogP contribution is -2.50. The molecule has 0 aromatic rings. The molecule has 18 heavy (non-hydrogen) atoms. The van der Waals surface area contributed by atoms with E-state index in [2.05, 4.69) is 10.6 Å². The maximum Gasteiger partial charge on any atom is 0.224 e. The molecular weight excluding hydrogens is 230 g/mol. The van der Waals surface area contributed by atoms with E-state index in [-0.39, 0.29) is 17.9 Å². The van der Waals surface area contributed by atoms with Crippen LogP contribution in [0.15, 0.2) is 0 Å². The first-order valence-electron chi connectivity index (χ1n) is 6.93. The number of piperidine rings is 1. The summed E-state index contributed by atoms with van der Waals surface area (Å²) in [6.45, 7) is 4.07. The van der Waals surface area contributed by atoms with Crippen molar-refractivity contribution in [3.05, 3.63) is 0 Å². The van der Waals surface area contributed by atoms with Gasteiger partial charge in [0.15, 0.2) is 0 Å². The Hall–Kier alpha value is -1.10. The van der Waals surface area contributed by atoms with E-state index < -0.39 is 0 Å². The van der Waals surface area contributed by atoms with Crippen molar-refractivity contribution in [2.75, 3.05) is 19.6 Å². The van der Waals surface area contributed by atoms with Crippen molar-refractivity contribution in [3.8, 4) is 0 Å². The summed E-state index contributed by atoms with van der Waals surface area (Å²) in [4.78, 5) is 25.1. The van der Waals surface area contributed by atoms with E-state index in [0.717, 1.165) is 32.4 Å². The van der Waals surface area contributed by atoms with Crippen LogP contribution in [0.1, 0.15) is 39.0 Å². The van der Waals surface area contributed by atoms with Crippen LogP contribution in [-0.2, 0) is 9.59 Å². The lowest BCUT2D eigenvalue weighted by Gasteiger charge is -2.33. The molecule has 102 valence electrons. The van der Waals surface area contributed by atoms with Gasteiger partial charge in [0.2, 0.25) is 11.8 Å². The normalized spacial score (nSPS) is 28.2. The molecule has 2 unspecified atom stereocenters. The van der Waals surface area contributed by atoms with Gasteiger partial charge in [0, 0.05) is 38.5 Å². The predicted octanol–water partition coefficient (Wildman–Crippen LogP) is 0.256. The lowest BCUT2D eigenvalue weighted by molar-refractivity contribution is -0.133. The van der Waals surface area contributed by atoms with Crippen LogP contribution in [0.3, 0.4) is 0 Å². The van der Waals surface area contributed by atoms with Crippen molar-refractivity contribution in [3.63, 3.8) is 0 Å². The number of rotatable bonds is 3. The van der Waals surface area contributed by atoms with Crippen LogP contribution in [0, 0.1) is 0 Å². The van der Waals surface area contributed by atoms with Crippen LogP contribution < -0.4 is 10.6 Å². The number of hydrogen-bond acceptors (Lipinski definition) is 3. The molecule has 0 spiro atoms. The van der Waals surface area contributed by atoms with Crippen molar-refractivity contribution < 1.29 is 9.59 Å². The molecule has 0 radical (unpaired) electrons. The highest BCUT2D eigenvalue weighted by atomic mass is 16.2. The molecule has 0 bridgehead atoms. The number of hydrogen-bond donors (Lipinski definition) is 2. The summed E-state index contributed by atoms with van der Waals surface area (Å²) < 4.78 is 0. The summed E-state index contributed by atoms with van der Waals surface area (Å²) in [5.41, 5.74) is 0. The summed E-state index contributed by atoms with van der Waals surface area (Å²) in [5, 5.41) is 6.26. The first-order valence-corrected chi connectivity index (χ1v) is 6.93. The second kappa shape index (κ2) is 6.18. The smallest absolute Gasteiger partial charge is 0.224 e. The molecule has 2 atom stereocenters. The monoisotopic (exact) mass is 253 g/mol. The van der Waals surface area contributed by atoms with E-state index in [4.69, 9.17) is 0 Å². The van der Waals surface area contributed by atoms with Crippen molar-refractivity contribution in [1.29, 1.82) is 0 Å². The van der Waals surface area contributed by atoms with Crippen LogP contribution in [-0.4, -0.2) is 48.4 Å². The molecule has 0 aliphatic carbocycles. The van der Waals surface area contributed by atoms with Crippen LogP contribution >= 0.6 is 0 Å². The van der Waals surface area contributed by atoms with Crippen molar-refractivity contribution in [1.82, 2.24) is 15.5 Å². The number of carbonyl (C=O) groups excluding carboxylic acids is 2. The number of amides is 2. The van der Waals surface area contributed by atoms with Gasteiger partial charge in [-0.2, -0.15) is 0 Å². The number of nitrogens with one attached hydrogen (secondary N) is 2. The van der Waals surface area contributed by atoms with Crippen LogP contribution in [0.25, 0.3) is 0 Å². The van der Waals surface area contributed by atoms with E-state index in [1.54, 1.807) is 0 Å². The fourth-order valence-electron chi connectivity index (χ4n) is 2.88. The molecule has 0 aromatic heterocycles. The maximum atomic E-state index is 12.2. The Labute approximate surface area is 108 Å². The lowest BCUT2D eigenvalue weighted by atomic mass is 10.0. The third kappa shape index (κ3) is 3.70. The quantitative estimate of drug-likeness (QED) is 0.758. The first-order chi connectivity index (χ1) is 8.65. The average Bonchev–Trinajstić information content (AvgIpc) is 2.81. The van der Waals surface area contributed by atoms with Crippen LogP contribution in [0.2, 0.25) is 0 Å². The number of carbonyl (C=O) groups is 2. The molecule has 2 N–H and O–H groups in total. The third-order valence-corrected chi connectivity index (χ3v) is 3.76. The standard InChI is InChI=1S/C13H23N3O2/c1-10(17)15-12-5-3-7-16(9-12)13(18)8-11-4-2-6-14-11/h11-12,14H,2-9H2,1H3,(H,15,17). The second-order valence-electron chi connectivity index (χ2n) is 5.38. The predicted molar refractivity (Wildman–Crippen MR) is 69.1 cm³/mol. The maximum absolute atomic E-state index is 12.2. The Kier molecular flexibility index (Phi) is 4.58. The second-order valence-corrected chi connectivity index (χ2v) is 5.38. The molecule has 5 heteroatoms. The molecule has 2 aliphatic rings. The first kappa shape index (κ1) is 13.3. The van der Waals surface area contributed by atoms with Gasteiger partial charge < -0.3 is 15.5 Å². The summed E-state index contributed by atoms with van der Waals surface area (Å²) in [6.07, 6.45) is 4.84. The summed E-state index contributed by atoms with van der Waals surface area (Å²) in [7, 11) is 0. The number of likely N-dealkylation sites (tertiary alicyclic amines) is 1. The van der Waals surface area contributed by atoms with Gasteiger partial charge in [0.05, 0.1) is 0 Å². The van der Waals surface area contributed by atoms with Gasteiger partial charge in [0.1, 0.15) is 0 Å². The average molecular weight is 253 g/mol. The van der Waals surface area contributed by atoms with E-state index >= 15 is 0 Å². The van der Waals surface area contributed by atoms with Gasteiger partial charge >= 0.3 is 0 Å². The molecule has 2 fully saturated rings. The van der Waals surface area contributed by atoms with Gasteiger partial charge in [-0.15, -0.1) is 0 Å². The zero-order valence-electron chi connectivity index (χ0n) is 11.1. The van der Waals surface area contributed by atoms with Gasteiger partial charge in [0.25, 0.3) is 0 Å². The summed E-state index contributed by atoms with van der Waals surface area (Å²) in [5.74, 6) is 0.219. The zero-order valence-corrected chi connectivity index (χ0v) is 11.1. The molecule has 2 heterocycles. The topological polar surface area (TPSA) is 61.4 Å². The van der Waals surface area contributed by atoms with Gasteiger partial charge in [-0.3, -0.25) is 9.59 Å². The van der Waals surface area contributed by atoms with E-state index in [1.165, 1.54) is 13.3 Å². The molecule has 0 aromatic carbocycles. The van der Waals surface area contributed by atoms with Crippen molar-refractivity contribution in [2.24, 2.45) is 0 Å². The Morgan fingerprint density at radius 1 is 1.33 bits per heavy atom. The Morgan fingerprint density at radius 3 is 2.83 bits per heavy atom. The highest BCUT2D eigenvalue weighted by Gasteiger charge is 2.26. The molecule has 2 rings (SSSR count). The molecule has 0 saturated carbocycles. The third-order valence-electron chi connectivity index (χ3n) is 3.76. The molecule has 2 saturated heterocycles. The number of nitrogens with zero attached hydrogens (tertiary/aromatic N) is 1. The van der Waals surface area contributed by atoms with Crippen LogP contribution in [0.4, 0.5) is 0 Å². The Morgan fingerprint density at radius 2 is 2.17 bits per heavy atom. The van der Waals surface area contributed by atoms with E-state index in [9.17, 15) is 9.59 Å². The summed E-state index contributed by atoms with van der Waals surface area (Å²) >= 11 is 0. The SMILES string of the molecule is CC(=O)NC1CCCN(C(=O)CC2CCCN2)C1. The molecule has 2 aliphatic heterocycles. The van der Waals surface area contributed by atoms with Crippen molar-refractivity contribution in [2.45, 2.75) is 51.1 Å². The fourth-order valence-corrected chi connectivity index (χ4v) is 2.88. The summed E-state index contributed by atoms with van der Waals surface area (Å²) in [6, 6.07) is 0.496. The largest absolute Gasteiger partial charge is 0.352 e. The minimum Gasteiger partial charge on any atom is -0.352 e. The zero-order chi connectivity index (χ0) is 13.0. The fraction of sp³-hybridized carbons (Fsp3) is 0.846. The Balaban J connectivity index is 1.79. The van der Waals surface area contributed by atoms with E-state index in [0.29, 0.717) is 19.0 Å². The molecule has 5 nitrogen and oxygen atoms in total. The highest BCUT2D eigenvalue weighted by Crippen LogP contribution is 2.15. The van der Waals surface area contributed by atoms with Gasteiger partial charge in [-0.25, -0.2) is 0 Å². The minimum atomic E-state index is -0.00763. The van der Waals surface area contributed by atoms with Crippen molar-refractivity contribution >= 4 is 11.8 Å². The van der Waals surface area contributed by atoms with E-state index in [1.807, 2.05) is 4.90 Å². The molecule has 2 amide bonds. The van der Waals surface area contributed by atoms with Crippen LogP contribution in [0.5, 0.6) is 0 Å². The van der Waals surface area contributed by atoms with Gasteiger partial charge in [-0.05, 0) is 32.2 Å². The highest BCUT2D eigenvalue weighted by molar-refractivity contribution is 5.77.